The molecule has 7 nitrogen and oxygen atoms in total. The number of hydrogen-bond donors (Lipinski definition) is 4. The van der Waals surface area contributed by atoms with Crippen LogP contribution in [-0.4, -0.2) is 46.7 Å². The number of carbonyl (C=O) groups is 2. The van der Waals surface area contributed by atoms with E-state index >= 15 is 0 Å². The summed E-state index contributed by atoms with van der Waals surface area (Å²) < 4.78 is 5.04. The van der Waals surface area contributed by atoms with E-state index in [9.17, 15) is 14.7 Å². The van der Waals surface area contributed by atoms with Gasteiger partial charge in [-0.1, -0.05) is 0 Å². The normalized spacial score (nSPS) is 42.4. The molecule has 2 aliphatic heterocycles. The van der Waals surface area contributed by atoms with Crippen molar-refractivity contribution < 1.29 is 24.5 Å². The number of carbonyl (C=O) groups excluding carboxylic acids is 2. The maximum absolute atomic E-state index is 11.3. The average molecular weight is 202 g/mol. The smallest absolute Gasteiger partial charge is 0.324 e. The predicted octanol–water partition coefficient (Wildman–Crippen LogP) is -2.34. The predicted molar refractivity (Wildman–Crippen MR) is 42.0 cm³/mol. The third-order valence-electron chi connectivity index (χ3n) is 2.35. The van der Waals surface area contributed by atoms with E-state index < -0.39 is 29.9 Å². The molecule has 4 N–H and O–H groups in total. The van der Waals surface area contributed by atoms with E-state index in [-0.39, 0.29) is 13.0 Å². The van der Waals surface area contributed by atoms with Gasteiger partial charge in [-0.15, -0.1) is 0 Å². The van der Waals surface area contributed by atoms with Gasteiger partial charge in [-0.05, 0) is 0 Å². The Morgan fingerprint density at radius 2 is 2.07 bits per heavy atom. The Kier molecular flexibility index (Phi) is 1.95. The molecular formula is C7H10N2O5. The molecule has 2 fully saturated rings. The van der Waals surface area contributed by atoms with E-state index in [1.54, 1.807) is 0 Å². The van der Waals surface area contributed by atoms with E-state index in [0.717, 1.165) is 0 Å². The van der Waals surface area contributed by atoms with Gasteiger partial charge in [0.1, 0.15) is 6.10 Å². The highest BCUT2D eigenvalue weighted by Gasteiger charge is 2.52. The van der Waals surface area contributed by atoms with Gasteiger partial charge in [0.15, 0.2) is 0 Å². The summed E-state index contributed by atoms with van der Waals surface area (Å²) in [6.45, 7) is -0.186. The zero-order chi connectivity index (χ0) is 10.3. The van der Waals surface area contributed by atoms with Crippen molar-refractivity contribution >= 4 is 11.9 Å². The quantitative estimate of drug-likeness (QED) is 0.329. The molecule has 0 aromatic heterocycles. The topological polar surface area (TPSA) is 108 Å². The number of imide groups is 1. The number of urea groups is 1. The van der Waals surface area contributed by atoms with Crippen LogP contribution < -0.4 is 10.6 Å². The molecule has 0 unspecified atom stereocenters. The Labute approximate surface area is 79.0 Å². The fraction of sp³-hybridized carbons (Fsp3) is 0.714. The van der Waals surface area contributed by atoms with Crippen LogP contribution in [0.2, 0.25) is 0 Å². The molecule has 0 radical (unpaired) electrons. The molecular weight excluding hydrogens is 192 g/mol. The molecule has 14 heavy (non-hydrogen) atoms. The first-order valence-corrected chi connectivity index (χ1v) is 4.17. The van der Waals surface area contributed by atoms with Crippen LogP contribution >= 0.6 is 0 Å². The molecule has 0 bridgehead atoms. The fourth-order valence-corrected chi connectivity index (χ4v) is 1.55. The largest absolute Gasteiger partial charge is 0.390 e. The van der Waals surface area contributed by atoms with E-state index in [2.05, 4.69) is 5.32 Å². The van der Waals surface area contributed by atoms with Gasteiger partial charge in [0.05, 0.1) is 12.7 Å². The molecule has 0 aromatic carbocycles. The van der Waals surface area contributed by atoms with Crippen LogP contribution in [0, 0.1) is 0 Å². The van der Waals surface area contributed by atoms with Gasteiger partial charge in [0.25, 0.3) is 5.91 Å². The van der Waals surface area contributed by atoms with Crippen molar-refractivity contribution in [2.24, 2.45) is 0 Å². The van der Waals surface area contributed by atoms with Crippen molar-refractivity contribution in [2.75, 3.05) is 6.61 Å². The third-order valence-corrected chi connectivity index (χ3v) is 2.35. The van der Waals surface area contributed by atoms with Crippen LogP contribution in [0.5, 0.6) is 0 Å². The maximum Gasteiger partial charge on any atom is 0.324 e. The van der Waals surface area contributed by atoms with Crippen molar-refractivity contribution in [3.05, 3.63) is 0 Å². The van der Waals surface area contributed by atoms with Crippen molar-refractivity contribution in [3.8, 4) is 0 Å². The maximum atomic E-state index is 11.3. The number of rotatable bonds is 0. The highest BCUT2D eigenvalue weighted by Crippen LogP contribution is 2.25. The summed E-state index contributed by atoms with van der Waals surface area (Å²) in [7, 11) is 0. The van der Waals surface area contributed by atoms with E-state index in [0.29, 0.717) is 0 Å². The summed E-state index contributed by atoms with van der Waals surface area (Å²) in [6, 6.07) is -0.654. The second-order valence-corrected chi connectivity index (χ2v) is 3.39. The summed E-state index contributed by atoms with van der Waals surface area (Å²) in [6.07, 6.45) is -2.25. The van der Waals surface area contributed by atoms with Crippen LogP contribution in [0.4, 0.5) is 4.79 Å². The number of ether oxygens (including phenoxy) is 1. The van der Waals surface area contributed by atoms with Gasteiger partial charge in [-0.25, -0.2) is 4.79 Å². The van der Waals surface area contributed by atoms with Crippen LogP contribution in [0.1, 0.15) is 6.42 Å². The van der Waals surface area contributed by atoms with Crippen molar-refractivity contribution in [1.82, 2.24) is 10.6 Å². The minimum atomic E-state index is -1.50. The summed E-state index contributed by atoms with van der Waals surface area (Å²) >= 11 is 0. The SMILES string of the molecule is O=C1NC(=O)[C@@]2(C[C@H](O)[C@H](O)CO2)N1. The number of nitrogens with one attached hydrogen (secondary N) is 2. The molecule has 2 saturated heterocycles. The summed E-state index contributed by atoms with van der Waals surface area (Å²) in [4.78, 5) is 22.1. The Morgan fingerprint density at radius 1 is 1.36 bits per heavy atom. The first-order chi connectivity index (χ1) is 6.53. The Bertz CT molecular complexity index is 294. The average Bonchev–Trinajstić information content (AvgIpc) is 2.36. The van der Waals surface area contributed by atoms with E-state index in [4.69, 9.17) is 9.84 Å². The van der Waals surface area contributed by atoms with Gasteiger partial charge in [-0.3, -0.25) is 10.1 Å². The van der Waals surface area contributed by atoms with Crippen LogP contribution in [-0.2, 0) is 9.53 Å². The second kappa shape index (κ2) is 2.91. The summed E-state index contributed by atoms with van der Waals surface area (Å²) in [5, 5.41) is 22.8. The Balaban J connectivity index is 2.18. The number of amides is 3. The molecule has 0 saturated carbocycles. The van der Waals surface area contributed by atoms with Crippen LogP contribution in [0.25, 0.3) is 0 Å². The van der Waals surface area contributed by atoms with Crippen LogP contribution in [0.15, 0.2) is 0 Å². The lowest BCUT2D eigenvalue weighted by molar-refractivity contribution is -0.184. The highest BCUT2D eigenvalue weighted by atomic mass is 16.5. The fourth-order valence-electron chi connectivity index (χ4n) is 1.55. The monoisotopic (exact) mass is 202 g/mol. The molecule has 2 rings (SSSR count). The van der Waals surface area contributed by atoms with Gasteiger partial charge in [-0.2, -0.15) is 0 Å². The van der Waals surface area contributed by atoms with E-state index in [1.807, 2.05) is 5.32 Å². The molecule has 7 heteroatoms. The third kappa shape index (κ3) is 1.26. The summed E-state index contributed by atoms with van der Waals surface area (Å²) in [5.41, 5.74) is -1.50. The lowest BCUT2D eigenvalue weighted by Crippen LogP contribution is -2.58. The van der Waals surface area contributed by atoms with Gasteiger partial charge in [0.2, 0.25) is 5.72 Å². The minimum absolute atomic E-state index is 0.147. The molecule has 2 aliphatic rings. The minimum Gasteiger partial charge on any atom is -0.390 e. The Hall–Kier alpha value is -1.18. The molecule has 78 valence electrons. The number of hydrogen-bond acceptors (Lipinski definition) is 5. The van der Waals surface area contributed by atoms with Crippen LogP contribution in [0.3, 0.4) is 0 Å². The highest BCUT2D eigenvalue weighted by molar-refractivity contribution is 6.06. The molecule has 1 spiro atoms. The molecule has 0 aliphatic carbocycles. The van der Waals surface area contributed by atoms with Crippen molar-refractivity contribution in [1.29, 1.82) is 0 Å². The first-order valence-electron chi connectivity index (χ1n) is 4.17. The van der Waals surface area contributed by atoms with Gasteiger partial charge in [0, 0.05) is 6.42 Å². The zero-order valence-corrected chi connectivity index (χ0v) is 7.19. The Morgan fingerprint density at radius 3 is 2.57 bits per heavy atom. The van der Waals surface area contributed by atoms with Gasteiger partial charge < -0.3 is 20.3 Å². The van der Waals surface area contributed by atoms with Gasteiger partial charge >= 0.3 is 6.03 Å². The zero-order valence-electron chi connectivity index (χ0n) is 7.19. The van der Waals surface area contributed by atoms with E-state index in [1.165, 1.54) is 0 Å². The number of aliphatic hydroxyl groups is 2. The molecule has 2 heterocycles. The lowest BCUT2D eigenvalue weighted by atomic mass is 9.98. The lowest BCUT2D eigenvalue weighted by Gasteiger charge is -2.35. The molecule has 3 amide bonds. The standard InChI is InChI=1S/C7H10N2O5/c10-3-1-7(14-2-4(3)11)5(12)8-6(13)9-7/h3-4,10-11H,1-2H2,(H2,8,9,12,13)/t3-,4+,7-/m0/s1. The van der Waals surface area contributed by atoms with Crippen molar-refractivity contribution in [3.63, 3.8) is 0 Å². The second-order valence-electron chi connectivity index (χ2n) is 3.39. The molecule has 3 atom stereocenters. The van der Waals surface area contributed by atoms with Crippen molar-refractivity contribution in [2.45, 2.75) is 24.4 Å². The molecule has 0 aromatic rings. The number of aliphatic hydroxyl groups excluding tert-OH is 2. The first kappa shape index (κ1) is 9.38. The summed E-state index contributed by atoms with van der Waals surface area (Å²) in [5.74, 6) is -0.631.